The van der Waals surface area contributed by atoms with Crippen molar-refractivity contribution < 1.29 is 9.66 Å². The van der Waals surface area contributed by atoms with Crippen LogP contribution in [0.3, 0.4) is 0 Å². The largest absolute Gasteiger partial charge is 0.493 e. The van der Waals surface area contributed by atoms with Gasteiger partial charge in [-0.25, -0.2) is 4.98 Å². The van der Waals surface area contributed by atoms with E-state index in [-0.39, 0.29) is 5.00 Å². The van der Waals surface area contributed by atoms with Gasteiger partial charge in [0.25, 0.3) is 0 Å². The summed E-state index contributed by atoms with van der Waals surface area (Å²) < 4.78 is 6.92. The van der Waals surface area contributed by atoms with Crippen LogP contribution in [0.25, 0.3) is 16.9 Å². The van der Waals surface area contributed by atoms with Gasteiger partial charge in [0, 0.05) is 23.2 Å². The molecule has 20 heavy (non-hydrogen) atoms. The number of aromatic nitrogens is 2. The molecule has 0 radical (unpaired) electrons. The number of methoxy groups -OCH3 is 1. The summed E-state index contributed by atoms with van der Waals surface area (Å²) in [7, 11) is 1.55. The van der Waals surface area contributed by atoms with E-state index in [1.54, 1.807) is 35.2 Å². The molecule has 0 aliphatic heterocycles. The number of hydrogen-bond acceptors (Lipinski definition) is 6. The van der Waals surface area contributed by atoms with Gasteiger partial charge in [-0.3, -0.25) is 14.5 Å². The molecule has 2 N–H and O–H groups in total. The number of nitrogens with zero attached hydrogens (tertiary/aromatic N) is 3. The molecule has 0 unspecified atom stereocenters. The first-order valence-corrected chi connectivity index (χ1v) is 6.53. The summed E-state index contributed by atoms with van der Waals surface area (Å²) in [5.41, 5.74) is 7.78. The molecule has 0 bridgehead atoms. The van der Waals surface area contributed by atoms with Crippen molar-refractivity contribution in [2.24, 2.45) is 0 Å². The average molecular weight is 290 g/mol. The number of imidazole rings is 1. The molecule has 0 saturated heterocycles. The first-order valence-electron chi connectivity index (χ1n) is 5.65. The van der Waals surface area contributed by atoms with Crippen molar-refractivity contribution in [3.8, 4) is 17.0 Å². The Kier molecular flexibility index (Phi) is 2.79. The SMILES string of the molecule is COc1cccn2c(N)c(-c3csc([N+](=O)[O-])c3)nc12. The third kappa shape index (κ3) is 1.77. The van der Waals surface area contributed by atoms with Crippen LogP contribution < -0.4 is 10.5 Å². The number of thiophene rings is 1. The lowest BCUT2D eigenvalue weighted by Crippen LogP contribution is -1.94. The summed E-state index contributed by atoms with van der Waals surface area (Å²) in [5, 5.41) is 12.5. The van der Waals surface area contributed by atoms with Crippen LogP contribution in [-0.2, 0) is 0 Å². The van der Waals surface area contributed by atoms with Gasteiger partial charge in [0.05, 0.1) is 12.0 Å². The summed E-state index contributed by atoms with van der Waals surface area (Å²) in [6.45, 7) is 0. The minimum atomic E-state index is -0.430. The van der Waals surface area contributed by atoms with Crippen LogP contribution in [0.4, 0.5) is 10.8 Å². The van der Waals surface area contributed by atoms with Crippen LogP contribution >= 0.6 is 11.3 Å². The van der Waals surface area contributed by atoms with Gasteiger partial charge in [0.15, 0.2) is 11.4 Å². The van der Waals surface area contributed by atoms with Crippen molar-refractivity contribution in [1.82, 2.24) is 9.38 Å². The maximum absolute atomic E-state index is 10.7. The van der Waals surface area contributed by atoms with Gasteiger partial charge >= 0.3 is 5.00 Å². The van der Waals surface area contributed by atoms with Gasteiger partial charge in [-0.2, -0.15) is 0 Å². The van der Waals surface area contributed by atoms with E-state index in [4.69, 9.17) is 10.5 Å². The number of rotatable bonds is 3. The number of fused-ring (bicyclic) bond motifs is 1. The molecule has 102 valence electrons. The molecule has 0 aliphatic rings. The van der Waals surface area contributed by atoms with Crippen molar-refractivity contribution in [1.29, 1.82) is 0 Å². The van der Waals surface area contributed by atoms with Gasteiger partial charge in [-0.1, -0.05) is 11.3 Å². The zero-order chi connectivity index (χ0) is 14.3. The lowest BCUT2D eigenvalue weighted by atomic mass is 10.2. The van der Waals surface area contributed by atoms with E-state index in [9.17, 15) is 10.1 Å². The fraction of sp³-hybridized carbons (Fsp3) is 0.0833. The Morgan fingerprint density at radius 3 is 3.00 bits per heavy atom. The molecule has 0 saturated carbocycles. The Morgan fingerprint density at radius 1 is 1.55 bits per heavy atom. The standard InChI is InChI=1S/C12H10N4O3S/c1-19-8-3-2-4-15-11(13)10(14-12(8)15)7-5-9(16(17)18)20-6-7/h2-6H,13H2,1H3. The fourth-order valence-electron chi connectivity index (χ4n) is 1.98. The third-order valence-electron chi connectivity index (χ3n) is 2.91. The molecule has 3 heterocycles. The van der Waals surface area contributed by atoms with Crippen molar-refractivity contribution in [2.45, 2.75) is 0 Å². The van der Waals surface area contributed by atoms with Gasteiger partial charge in [0.2, 0.25) is 0 Å². The van der Waals surface area contributed by atoms with E-state index < -0.39 is 4.92 Å². The highest BCUT2D eigenvalue weighted by Gasteiger charge is 2.18. The number of anilines is 1. The van der Waals surface area contributed by atoms with Crippen LogP contribution in [0, 0.1) is 10.1 Å². The van der Waals surface area contributed by atoms with Crippen LogP contribution in [0.2, 0.25) is 0 Å². The van der Waals surface area contributed by atoms with Gasteiger partial charge < -0.3 is 10.5 Å². The van der Waals surface area contributed by atoms with E-state index in [1.165, 1.54) is 6.07 Å². The van der Waals surface area contributed by atoms with Crippen molar-refractivity contribution in [3.63, 3.8) is 0 Å². The van der Waals surface area contributed by atoms with Crippen LogP contribution in [0.5, 0.6) is 5.75 Å². The maximum Gasteiger partial charge on any atom is 0.324 e. The highest BCUT2D eigenvalue weighted by atomic mass is 32.1. The number of hydrogen-bond donors (Lipinski definition) is 1. The topological polar surface area (TPSA) is 95.7 Å². The predicted molar refractivity (Wildman–Crippen MR) is 76.1 cm³/mol. The second-order valence-electron chi connectivity index (χ2n) is 4.05. The Labute approximate surface area is 117 Å². The number of nitrogens with two attached hydrogens (primary N) is 1. The number of pyridine rings is 1. The minimum absolute atomic E-state index is 0.0587. The highest BCUT2D eigenvalue weighted by Crippen LogP contribution is 2.35. The summed E-state index contributed by atoms with van der Waals surface area (Å²) >= 11 is 1.05. The Bertz CT molecular complexity index is 808. The second-order valence-corrected chi connectivity index (χ2v) is 4.94. The molecule has 8 heteroatoms. The maximum atomic E-state index is 10.7. The molecule has 0 aliphatic carbocycles. The van der Waals surface area contributed by atoms with E-state index >= 15 is 0 Å². The van der Waals surface area contributed by atoms with Gasteiger partial charge in [-0.05, 0) is 12.1 Å². The minimum Gasteiger partial charge on any atom is -0.493 e. The quantitative estimate of drug-likeness (QED) is 0.590. The van der Waals surface area contributed by atoms with E-state index in [0.29, 0.717) is 28.5 Å². The van der Waals surface area contributed by atoms with Crippen molar-refractivity contribution in [2.75, 3.05) is 12.8 Å². The molecular formula is C12H10N4O3S. The lowest BCUT2D eigenvalue weighted by Gasteiger charge is -2.01. The first-order chi connectivity index (χ1) is 9.61. The molecule has 0 atom stereocenters. The Hall–Kier alpha value is -2.61. The second kappa shape index (κ2) is 4.49. The summed E-state index contributed by atoms with van der Waals surface area (Å²) in [6.07, 6.45) is 1.77. The molecule has 0 amide bonds. The normalized spacial score (nSPS) is 10.8. The fourth-order valence-corrected chi connectivity index (χ4v) is 2.69. The van der Waals surface area contributed by atoms with Crippen molar-refractivity contribution in [3.05, 3.63) is 39.9 Å². The third-order valence-corrected chi connectivity index (χ3v) is 3.79. The monoisotopic (exact) mass is 290 g/mol. The van der Waals surface area contributed by atoms with Crippen LogP contribution in [0.15, 0.2) is 29.8 Å². The van der Waals surface area contributed by atoms with Crippen LogP contribution in [0.1, 0.15) is 0 Å². The molecule has 3 aromatic rings. The Balaban J connectivity index is 2.20. The molecule has 3 rings (SSSR count). The summed E-state index contributed by atoms with van der Waals surface area (Å²) in [6, 6.07) is 5.04. The lowest BCUT2D eigenvalue weighted by molar-refractivity contribution is -0.380. The number of nitrogen functional groups attached to an aromatic ring is 1. The van der Waals surface area contributed by atoms with Gasteiger partial charge in [0.1, 0.15) is 11.5 Å². The molecular weight excluding hydrogens is 280 g/mol. The highest BCUT2D eigenvalue weighted by molar-refractivity contribution is 7.13. The molecule has 3 aromatic heterocycles. The smallest absolute Gasteiger partial charge is 0.324 e. The van der Waals surface area contributed by atoms with E-state index in [0.717, 1.165) is 11.3 Å². The number of nitro groups is 1. The van der Waals surface area contributed by atoms with Crippen LogP contribution in [-0.4, -0.2) is 21.4 Å². The number of ether oxygens (including phenoxy) is 1. The van der Waals surface area contributed by atoms with Crippen molar-refractivity contribution >= 4 is 27.8 Å². The van der Waals surface area contributed by atoms with Gasteiger partial charge in [-0.15, -0.1) is 0 Å². The summed E-state index contributed by atoms with van der Waals surface area (Å²) in [5.74, 6) is 1.02. The molecule has 0 aromatic carbocycles. The molecule has 0 spiro atoms. The first kappa shape index (κ1) is 12.4. The zero-order valence-electron chi connectivity index (χ0n) is 10.4. The zero-order valence-corrected chi connectivity index (χ0v) is 11.3. The molecule has 0 fully saturated rings. The van der Waals surface area contributed by atoms with E-state index in [1.807, 2.05) is 0 Å². The molecule has 7 nitrogen and oxygen atoms in total. The average Bonchev–Trinajstić information content (AvgIpc) is 3.04. The van der Waals surface area contributed by atoms with E-state index in [2.05, 4.69) is 4.98 Å². The predicted octanol–water partition coefficient (Wildman–Crippen LogP) is 2.56. The summed E-state index contributed by atoms with van der Waals surface area (Å²) in [4.78, 5) is 14.7. The Morgan fingerprint density at radius 2 is 2.35 bits per heavy atom.